The second-order valence-corrected chi connectivity index (χ2v) is 5.99. The summed E-state index contributed by atoms with van der Waals surface area (Å²) in [5.74, 6) is 0.0951. The van der Waals surface area contributed by atoms with Crippen LogP contribution in [-0.2, 0) is 4.79 Å². The van der Waals surface area contributed by atoms with Crippen molar-refractivity contribution in [1.29, 1.82) is 0 Å². The number of hydrogen-bond donors (Lipinski definition) is 2. The Labute approximate surface area is 126 Å². The number of benzene rings is 1. The molecule has 0 heterocycles. The standard InChI is InChI=1S/C16H23ClN2O/c1-12(13-7-9-14(17)10-8-13)18-11-16(20)19-15-5-3-2-4-6-15/h7-10,12,15,18H,2-6,11H2,1H3,(H,19,20). The third-order valence-electron chi connectivity index (χ3n) is 3.91. The molecule has 110 valence electrons. The zero-order valence-electron chi connectivity index (χ0n) is 12.0. The van der Waals surface area contributed by atoms with Gasteiger partial charge in [0, 0.05) is 17.1 Å². The number of rotatable bonds is 5. The van der Waals surface area contributed by atoms with E-state index >= 15 is 0 Å². The van der Waals surface area contributed by atoms with Crippen molar-refractivity contribution < 1.29 is 4.79 Å². The SMILES string of the molecule is CC(NCC(=O)NC1CCCCC1)c1ccc(Cl)cc1. The van der Waals surface area contributed by atoms with Crippen LogP contribution in [0.3, 0.4) is 0 Å². The average Bonchev–Trinajstić information content (AvgIpc) is 2.46. The number of carbonyl (C=O) groups is 1. The largest absolute Gasteiger partial charge is 0.352 e. The zero-order chi connectivity index (χ0) is 14.4. The van der Waals surface area contributed by atoms with Gasteiger partial charge in [-0.2, -0.15) is 0 Å². The van der Waals surface area contributed by atoms with Crippen molar-refractivity contribution in [3.05, 3.63) is 34.9 Å². The second kappa shape index (κ2) is 7.65. The first kappa shape index (κ1) is 15.3. The predicted octanol–water partition coefficient (Wildman–Crippen LogP) is 3.44. The van der Waals surface area contributed by atoms with E-state index in [0.717, 1.165) is 23.4 Å². The quantitative estimate of drug-likeness (QED) is 0.873. The number of amides is 1. The molecule has 3 nitrogen and oxygen atoms in total. The van der Waals surface area contributed by atoms with Gasteiger partial charge in [-0.15, -0.1) is 0 Å². The molecule has 2 rings (SSSR count). The molecule has 4 heteroatoms. The highest BCUT2D eigenvalue weighted by molar-refractivity contribution is 6.30. The van der Waals surface area contributed by atoms with Gasteiger partial charge in [-0.1, -0.05) is 43.0 Å². The average molecular weight is 295 g/mol. The van der Waals surface area contributed by atoms with Crippen molar-refractivity contribution in [2.45, 2.75) is 51.1 Å². The van der Waals surface area contributed by atoms with Crippen molar-refractivity contribution in [2.24, 2.45) is 0 Å². The molecule has 1 saturated carbocycles. The maximum Gasteiger partial charge on any atom is 0.234 e. The maximum atomic E-state index is 11.9. The molecule has 20 heavy (non-hydrogen) atoms. The van der Waals surface area contributed by atoms with Crippen LogP contribution < -0.4 is 10.6 Å². The first-order valence-electron chi connectivity index (χ1n) is 7.43. The summed E-state index contributed by atoms with van der Waals surface area (Å²) in [7, 11) is 0. The molecule has 1 aromatic carbocycles. The van der Waals surface area contributed by atoms with Crippen molar-refractivity contribution in [3.63, 3.8) is 0 Å². The molecule has 0 aliphatic heterocycles. The summed E-state index contributed by atoms with van der Waals surface area (Å²) in [6, 6.07) is 8.24. The molecule has 0 saturated heterocycles. The van der Waals surface area contributed by atoms with Crippen LogP contribution in [0, 0.1) is 0 Å². The van der Waals surface area contributed by atoms with Crippen LogP contribution in [0.2, 0.25) is 5.02 Å². The van der Waals surface area contributed by atoms with E-state index < -0.39 is 0 Å². The Hall–Kier alpha value is -1.06. The highest BCUT2D eigenvalue weighted by Gasteiger charge is 2.16. The van der Waals surface area contributed by atoms with E-state index in [1.54, 1.807) is 0 Å². The van der Waals surface area contributed by atoms with Gasteiger partial charge in [0.1, 0.15) is 0 Å². The molecule has 1 aromatic rings. The molecule has 0 aromatic heterocycles. The summed E-state index contributed by atoms with van der Waals surface area (Å²) in [6.07, 6.45) is 6.02. The molecule has 1 unspecified atom stereocenters. The van der Waals surface area contributed by atoms with Gasteiger partial charge in [-0.3, -0.25) is 4.79 Å². The number of nitrogens with one attached hydrogen (secondary N) is 2. The molecule has 1 aliphatic rings. The minimum atomic E-state index is 0.0951. The fourth-order valence-corrected chi connectivity index (χ4v) is 2.77. The normalized spacial score (nSPS) is 17.7. The summed E-state index contributed by atoms with van der Waals surface area (Å²) in [5.41, 5.74) is 1.14. The van der Waals surface area contributed by atoms with Gasteiger partial charge in [-0.25, -0.2) is 0 Å². The lowest BCUT2D eigenvalue weighted by Gasteiger charge is -2.23. The van der Waals surface area contributed by atoms with Gasteiger partial charge in [0.2, 0.25) is 5.91 Å². The maximum absolute atomic E-state index is 11.9. The third kappa shape index (κ3) is 4.80. The minimum absolute atomic E-state index is 0.0951. The lowest BCUT2D eigenvalue weighted by atomic mass is 9.95. The fourth-order valence-electron chi connectivity index (χ4n) is 2.64. The summed E-state index contributed by atoms with van der Waals surface area (Å²) in [5, 5.41) is 7.10. The van der Waals surface area contributed by atoms with Gasteiger partial charge < -0.3 is 10.6 Å². The highest BCUT2D eigenvalue weighted by atomic mass is 35.5. The molecule has 0 spiro atoms. The van der Waals surface area contributed by atoms with Crippen molar-refractivity contribution in [3.8, 4) is 0 Å². The van der Waals surface area contributed by atoms with E-state index in [4.69, 9.17) is 11.6 Å². The van der Waals surface area contributed by atoms with Crippen molar-refractivity contribution in [2.75, 3.05) is 6.54 Å². The van der Waals surface area contributed by atoms with Crippen LogP contribution in [0.15, 0.2) is 24.3 Å². The molecular formula is C16H23ClN2O. The first-order valence-corrected chi connectivity index (χ1v) is 7.81. The van der Waals surface area contributed by atoms with E-state index in [9.17, 15) is 4.79 Å². The Morgan fingerprint density at radius 2 is 1.90 bits per heavy atom. The minimum Gasteiger partial charge on any atom is -0.352 e. The number of hydrogen-bond acceptors (Lipinski definition) is 2. The Morgan fingerprint density at radius 3 is 2.55 bits per heavy atom. The second-order valence-electron chi connectivity index (χ2n) is 5.56. The molecule has 1 amide bonds. The molecule has 1 atom stereocenters. The van der Waals surface area contributed by atoms with Gasteiger partial charge in [0.05, 0.1) is 6.54 Å². The van der Waals surface area contributed by atoms with Crippen LogP contribution >= 0.6 is 11.6 Å². The van der Waals surface area contributed by atoms with Crippen LogP contribution in [0.25, 0.3) is 0 Å². The van der Waals surface area contributed by atoms with Crippen LogP contribution in [0.4, 0.5) is 0 Å². The lowest BCUT2D eigenvalue weighted by molar-refractivity contribution is -0.121. The Morgan fingerprint density at radius 1 is 1.25 bits per heavy atom. The lowest BCUT2D eigenvalue weighted by Crippen LogP contribution is -2.41. The van der Waals surface area contributed by atoms with E-state index in [0.29, 0.717) is 12.6 Å². The van der Waals surface area contributed by atoms with Crippen LogP contribution in [0.1, 0.15) is 50.6 Å². The number of halogens is 1. The molecule has 2 N–H and O–H groups in total. The predicted molar refractivity (Wildman–Crippen MR) is 82.9 cm³/mol. The van der Waals surface area contributed by atoms with E-state index in [1.165, 1.54) is 19.3 Å². The highest BCUT2D eigenvalue weighted by Crippen LogP contribution is 2.17. The molecular weight excluding hydrogens is 272 g/mol. The van der Waals surface area contributed by atoms with Gasteiger partial charge in [0.15, 0.2) is 0 Å². The smallest absolute Gasteiger partial charge is 0.234 e. The molecule has 1 aliphatic carbocycles. The first-order chi connectivity index (χ1) is 9.65. The van der Waals surface area contributed by atoms with E-state index in [2.05, 4.69) is 17.6 Å². The van der Waals surface area contributed by atoms with Crippen molar-refractivity contribution >= 4 is 17.5 Å². The zero-order valence-corrected chi connectivity index (χ0v) is 12.7. The topological polar surface area (TPSA) is 41.1 Å². The summed E-state index contributed by atoms with van der Waals surface area (Å²) in [6.45, 7) is 2.41. The Balaban J connectivity index is 1.73. The van der Waals surface area contributed by atoms with Gasteiger partial charge >= 0.3 is 0 Å². The Bertz CT molecular complexity index is 427. The molecule has 0 bridgehead atoms. The summed E-state index contributed by atoms with van der Waals surface area (Å²) in [4.78, 5) is 11.9. The monoisotopic (exact) mass is 294 g/mol. The summed E-state index contributed by atoms with van der Waals surface area (Å²) < 4.78 is 0. The number of carbonyl (C=O) groups excluding carboxylic acids is 1. The Kier molecular flexibility index (Phi) is 5.86. The van der Waals surface area contributed by atoms with Crippen LogP contribution in [-0.4, -0.2) is 18.5 Å². The van der Waals surface area contributed by atoms with Crippen LogP contribution in [0.5, 0.6) is 0 Å². The molecule has 1 fully saturated rings. The third-order valence-corrected chi connectivity index (χ3v) is 4.16. The van der Waals surface area contributed by atoms with Gasteiger partial charge in [0.25, 0.3) is 0 Å². The van der Waals surface area contributed by atoms with Gasteiger partial charge in [-0.05, 0) is 37.5 Å². The molecule has 0 radical (unpaired) electrons. The van der Waals surface area contributed by atoms with E-state index in [1.807, 2.05) is 24.3 Å². The van der Waals surface area contributed by atoms with E-state index in [-0.39, 0.29) is 11.9 Å². The fraction of sp³-hybridized carbons (Fsp3) is 0.562. The summed E-state index contributed by atoms with van der Waals surface area (Å²) >= 11 is 5.87. The van der Waals surface area contributed by atoms with Crippen molar-refractivity contribution in [1.82, 2.24) is 10.6 Å².